The van der Waals surface area contributed by atoms with E-state index < -0.39 is 23.4 Å². The van der Waals surface area contributed by atoms with Crippen molar-refractivity contribution in [3.63, 3.8) is 0 Å². The maximum absolute atomic E-state index is 14.0. The van der Waals surface area contributed by atoms with Crippen molar-refractivity contribution in [2.75, 3.05) is 18.6 Å². The molecule has 0 fully saturated rings. The van der Waals surface area contributed by atoms with Crippen LogP contribution in [-0.4, -0.2) is 30.4 Å². The molecular formula is C26H20F2N2O3. The second-order valence-corrected chi connectivity index (χ2v) is 7.91. The fourth-order valence-corrected chi connectivity index (χ4v) is 4.45. The monoisotopic (exact) mass is 446 g/mol. The number of amides is 2. The number of hydrogen-bond donors (Lipinski definition) is 0. The van der Waals surface area contributed by atoms with E-state index in [-0.39, 0.29) is 17.0 Å². The fourth-order valence-electron chi connectivity index (χ4n) is 4.45. The summed E-state index contributed by atoms with van der Waals surface area (Å²) < 4.78 is 33.0. The van der Waals surface area contributed by atoms with Crippen LogP contribution in [0.1, 0.15) is 16.7 Å². The summed E-state index contributed by atoms with van der Waals surface area (Å²) in [5, 5.41) is 0. The molecule has 0 atom stereocenters. The van der Waals surface area contributed by atoms with Crippen molar-refractivity contribution in [1.82, 2.24) is 4.90 Å². The second-order valence-electron chi connectivity index (χ2n) is 7.91. The van der Waals surface area contributed by atoms with E-state index in [9.17, 15) is 18.4 Å². The molecule has 2 aliphatic rings. The van der Waals surface area contributed by atoms with Gasteiger partial charge in [0.2, 0.25) is 0 Å². The number of imide groups is 1. The molecule has 2 heterocycles. The third kappa shape index (κ3) is 3.46. The summed E-state index contributed by atoms with van der Waals surface area (Å²) in [5.41, 5.74) is 3.12. The number of benzene rings is 3. The molecule has 0 aromatic heterocycles. The second kappa shape index (κ2) is 8.16. The zero-order chi connectivity index (χ0) is 23.1. The van der Waals surface area contributed by atoms with Crippen LogP contribution in [0.2, 0.25) is 0 Å². The third-order valence-corrected chi connectivity index (χ3v) is 6.04. The molecule has 0 unspecified atom stereocenters. The highest BCUT2D eigenvalue weighted by Gasteiger charge is 2.44. The first kappa shape index (κ1) is 20.9. The van der Waals surface area contributed by atoms with E-state index >= 15 is 0 Å². The van der Waals surface area contributed by atoms with E-state index in [0.29, 0.717) is 30.8 Å². The summed E-state index contributed by atoms with van der Waals surface area (Å²) in [6.07, 6.45) is 0.714. The highest BCUT2D eigenvalue weighted by Crippen LogP contribution is 2.39. The molecule has 0 N–H and O–H groups in total. The predicted molar refractivity (Wildman–Crippen MR) is 119 cm³/mol. The van der Waals surface area contributed by atoms with Gasteiger partial charge in [-0.2, -0.15) is 0 Å². The summed E-state index contributed by atoms with van der Waals surface area (Å²) in [4.78, 5) is 30.1. The molecule has 0 saturated heterocycles. The molecule has 0 saturated carbocycles. The highest BCUT2D eigenvalue weighted by molar-refractivity contribution is 6.45. The molecule has 2 aliphatic heterocycles. The minimum atomic E-state index is -1.13. The Morgan fingerprint density at radius 1 is 0.848 bits per heavy atom. The maximum Gasteiger partial charge on any atom is 0.282 e. The Labute approximate surface area is 189 Å². The fraction of sp³-hybridized carbons (Fsp3) is 0.154. The zero-order valence-electron chi connectivity index (χ0n) is 17.8. The van der Waals surface area contributed by atoms with Crippen molar-refractivity contribution in [3.8, 4) is 5.75 Å². The van der Waals surface area contributed by atoms with Crippen LogP contribution in [0.15, 0.2) is 72.4 Å². The van der Waals surface area contributed by atoms with Crippen molar-refractivity contribution >= 4 is 23.1 Å². The van der Waals surface area contributed by atoms with Gasteiger partial charge in [-0.25, -0.2) is 13.7 Å². The maximum atomic E-state index is 14.0. The van der Waals surface area contributed by atoms with Crippen LogP contribution < -0.4 is 9.64 Å². The van der Waals surface area contributed by atoms with E-state index in [1.165, 1.54) is 18.7 Å². The zero-order valence-corrected chi connectivity index (χ0v) is 17.8. The highest BCUT2D eigenvalue weighted by atomic mass is 19.2. The van der Waals surface area contributed by atoms with Gasteiger partial charge in [0, 0.05) is 24.7 Å². The van der Waals surface area contributed by atoms with Gasteiger partial charge >= 0.3 is 0 Å². The summed E-state index contributed by atoms with van der Waals surface area (Å²) in [6.45, 7) is 0.991. The summed E-state index contributed by atoms with van der Waals surface area (Å²) in [7, 11) is 1.49. The van der Waals surface area contributed by atoms with E-state index in [4.69, 9.17) is 4.74 Å². The van der Waals surface area contributed by atoms with Crippen molar-refractivity contribution < 1.29 is 23.1 Å². The van der Waals surface area contributed by atoms with E-state index in [2.05, 4.69) is 6.07 Å². The van der Waals surface area contributed by atoms with Crippen LogP contribution in [0.3, 0.4) is 0 Å². The lowest BCUT2D eigenvalue weighted by atomic mass is 9.97. The van der Waals surface area contributed by atoms with E-state index in [1.54, 1.807) is 24.3 Å². The van der Waals surface area contributed by atoms with Crippen molar-refractivity contribution in [3.05, 3.63) is 101 Å². The van der Waals surface area contributed by atoms with Crippen LogP contribution in [0.5, 0.6) is 5.75 Å². The molecule has 2 amide bonds. The van der Waals surface area contributed by atoms with Gasteiger partial charge in [0.15, 0.2) is 11.6 Å². The molecule has 3 aromatic rings. The van der Waals surface area contributed by atoms with E-state index in [1.807, 2.05) is 23.1 Å². The number of nitrogens with zero attached hydrogens (tertiary/aromatic N) is 2. The van der Waals surface area contributed by atoms with Crippen LogP contribution in [0.25, 0.3) is 5.57 Å². The van der Waals surface area contributed by atoms with Crippen molar-refractivity contribution in [2.45, 2.75) is 13.0 Å². The number of para-hydroxylation sites is 1. The van der Waals surface area contributed by atoms with Crippen LogP contribution in [-0.2, 0) is 22.6 Å². The Morgan fingerprint density at radius 2 is 1.58 bits per heavy atom. The summed E-state index contributed by atoms with van der Waals surface area (Å²) in [6, 6.07) is 17.9. The predicted octanol–water partition coefficient (Wildman–Crippen LogP) is 4.32. The molecule has 7 heteroatoms. The van der Waals surface area contributed by atoms with Gasteiger partial charge in [-0.05, 0) is 35.7 Å². The number of rotatable bonds is 4. The Balaban J connectivity index is 1.66. The smallest absolute Gasteiger partial charge is 0.282 e. The first-order chi connectivity index (χ1) is 16.0. The third-order valence-electron chi connectivity index (χ3n) is 6.04. The number of anilines is 1. The molecule has 0 radical (unpaired) electrons. The standard InChI is InChI=1S/C26H20F2N2O3/c1-33-22-9-5-4-8-19(22)23-24(29-13-12-16-6-2-3-7-17(16)15-29)26(32)30(25(23)31)18-10-11-20(27)21(28)14-18/h2-11,14H,12-13,15H2,1H3. The Bertz CT molecular complexity index is 1320. The first-order valence-electron chi connectivity index (χ1n) is 10.5. The number of carbonyl (C=O) groups excluding carboxylic acids is 2. The minimum absolute atomic E-state index is 0.0243. The van der Waals surface area contributed by atoms with Crippen LogP contribution >= 0.6 is 0 Å². The van der Waals surface area contributed by atoms with Crippen molar-refractivity contribution in [2.24, 2.45) is 0 Å². The molecule has 0 spiro atoms. The molecule has 5 rings (SSSR count). The summed E-state index contributed by atoms with van der Waals surface area (Å²) >= 11 is 0. The van der Waals surface area contributed by atoms with Crippen LogP contribution in [0, 0.1) is 11.6 Å². The average molecular weight is 446 g/mol. The van der Waals surface area contributed by atoms with Gasteiger partial charge in [0.1, 0.15) is 11.4 Å². The molecule has 33 heavy (non-hydrogen) atoms. The van der Waals surface area contributed by atoms with E-state index in [0.717, 1.165) is 22.6 Å². The molecular weight excluding hydrogens is 426 g/mol. The van der Waals surface area contributed by atoms with Gasteiger partial charge in [0.25, 0.3) is 11.8 Å². The topological polar surface area (TPSA) is 49.9 Å². The molecule has 5 nitrogen and oxygen atoms in total. The lowest BCUT2D eigenvalue weighted by Gasteiger charge is -2.31. The van der Waals surface area contributed by atoms with Crippen LogP contribution in [0.4, 0.5) is 14.5 Å². The lowest BCUT2D eigenvalue weighted by Crippen LogP contribution is -2.37. The average Bonchev–Trinajstić information content (AvgIpc) is 3.10. The lowest BCUT2D eigenvalue weighted by molar-refractivity contribution is -0.120. The summed E-state index contributed by atoms with van der Waals surface area (Å²) in [5.74, 6) is -2.93. The Hall–Kier alpha value is -4.00. The normalized spacial score (nSPS) is 15.8. The van der Waals surface area contributed by atoms with Gasteiger partial charge in [0.05, 0.1) is 18.4 Å². The first-order valence-corrected chi connectivity index (χ1v) is 10.5. The number of carbonyl (C=O) groups is 2. The van der Waals surface area contributed by atoms with Gasteiger partial charge < -0.3 is 9.64 Å². The largest absolute Gasteiger partial charge is 0.496 e. The molecule has 0 aliphatic carbocycles. The quantitative estimate of drug-likeness (QED) is 0.561. The molecule has 3 aromatic carbocycles. The SMILES string of the molecule is COc1ccccc1C1=C(N2CCc3ccccc3C2)C(=O)N(c2ccc(F)c(F)c2)C1=O. The Morgan fingerprint density at radius 3 is 2.33 bits per heavy atom. The molecule has 0 bridgehead atoms. The number of fused-ring (bicyclic) bond motifs is 1. The van der Waals surface area contributed by atoms with Gasteiger partial charge in [-0.3, -0.25) is 9.59 Å². The Kier molecular flexibility index (Phi) is 5.17. The number of hydrogen-bond acceptors (Lipinski definition) is 4. The van der Waals surface area contributed by atoms with Gasteiger partial charge in [-0.1, -0.05) is 42.5 Å². The molecule has 166 valence electrons. The van der Waals surface area contributed by atoms with Crippen molar-refractivity contribution in [1.29, 1.82) is 0 Å². The number of methoxy groups -OCH3 is 1. The number of halogens is 2. The van der Waals surface area contributed by atoms with Gasteiger partial charge in [-0.15, -0.1) is 0 Å². The minimum Gasteiger partial charge on any atom is -0.496 e. The number of ether oxygens (including phenoxy) is 1.